The molecule has 1 aromatic rings. The van der Waals surface area contributed by atoms with Crippen LogP contribution in [-0.4, -0.2) is 74.7 Å². The van der Waals surface area contributed by atoms with Crippen molar-refractivity contribution in [3.05, 3.63) is 18.2 Å². The molecular weight excluding hydrogens is 386 g/mol. The number of nitrogens with zero attached hydrogens (tertiary/aromatic N) is 2. The van der Waals surface area contributed by atoms with Crippen LogP contribution in [0, 0.1) is 0 Å². The van der Waals surface area contributed by atoms with E-state index in [9.17, 15) is 24.0 Å². The van der Waals surface area contributed by atoms with E-state index in [1.807, 2.05) is 5.32 Å². The summed E-state index contributed by atoms with van der Waals surface area (Å²) in [4.78, 5) is 68.3. The first-order chi connectivity index (χ1) is 13.3. The van der Waals surface area contributed by atoms with E-state index in [0.29, 0.717) is 25.1 Å². The highest BCUT2D eigenvalue weighted by Gasteiger charge is 2.38. The van der Waals surface area contributed by atoms with Gasteiger partial charge in [-0.2, -0.15) is 0 Å². The minimum Gasteiger partial charge on any atom is -0.412 e. The number of H-pyrrole nitrogens is 1. The van der Waals surface area contributed by atoms with E-state index in [0.717, 1.165) is 0 Å². The number of urea groups is 1. The van der Waals surface area contributed by atoms with E-state index in [4.69, 9.17) is 5.73 Å². The number of amides is 6. The maximum Gasteiger partial charge on any atom is 0.322 e. The van der Waals surface area contributed by atoms with Crippen molar-refractivity contribution >= 4 is 29.7 Å². The Bertz CT molecular complexity index is 780. The highest BCUT2D eigenvalue weighted by Crippen LogP contribution is 2.19. The Morgan fingerprint density at radius 1 is 1.34 bits per heavy atom. The summed E-state index contributed by atoms with van der Waals surface area (Å²) >= 11 is 0. The Balaban J connectivity index is 0.00000300. The second kappa shape index (κ2) is 9.14. The topological polar surface area (TPSA) is 211 Å². The van der Waals surface area contributed by atoms with E-state index in [2.05, 4.69) is 20.6 Å². The minimum atomic E-state index is -1.09. The summed E-state index contributed by atoms with van der Waals surface area (Å²) in [5.74, 6) is -2.32. The maximum absolute atomic E-state index is 13.0. The van der Waals surface area contributed by atoms with E-state index in [1.165, 1.54) is 17.4 Å². The standard InChI is InChI=1S/C16H21N7O5.H2O/c17-13(25)11-2-1-3-23(11)15(27)10(4-8-6-18-7-19-8)20-14(26)9-5-12(24)22-16(28)21-9;/h6-7,9-11H,1-5H2,(H2,17,25)(H,18,19)(H,20,26)(H2,21,22,24,28);1H2/t9?,10-,11-;/m0./s1. The minimum absolute atomic E-state index is 0. The normalized spacial score (nSPS) is 22.1. The molecule has 3 heterocycles. The lowest BCUT2D eigenvalue weighted by Crippen LogP contribution is -2.61. The lowest BCUT2D eigenvalue weighted by atomic mass is 10.1. The van der Waals surface area contributed by atoms with Crippen LogP contribution in [0.1, 0.15) is 25.0 Å². The molecule has 13 heteroatoms. The summed E-state index contributed by atoms with van der Waals surface area (Å²) < 4.78 is 0. The van der Waals surface area contributed by atoms with E-state index in [1.54, 1.807) is 0 Å². The molecule has 0 radical (unpaired) electrons. The van der Waals surface area contributed by atoms with Gasteiger partial charge in [-0.15, -0.1) is 0 Å². The zero-order valence-electron chi connectivity index (χ0n) is 15.4. The van der Waals surface area contributed by atoms with Crippen LogP contribution in [0.4, 0.5) is 4.79 Å². The molecule has 8 N–H and O–H groups in total. The second-order valence-electron chi connectivity index (χ2n) is 6.71. The molecule has 2 aliphatic heterocycles. The lowest BCUT2D eigenvalue weighted by molar-refractivity contribution is -0.141. The number of rotatable bonds is 6. The van der Waals surface area contributed by atoms with Gasteiger partial charge < -0.3 is 31.7 Å². The van der Waals surface area contributed by atoms with Crippen molar-refractivity contribution in [3.8, 4) is 0 Å². The summed E-state index contributed by atoms with van der Waals surface area (Å²) in [6.45, 7) is 0.352. The number of hydrogen-bond donors (Lipinski definition) is 5. The lowest BCUT2D eigenvalue weighted by Gasteiger charge is -2.29. The molecule has 0 spiro atoms. The SMILES string of the molecule is NC(=O)[C@@H]1CCCN1C(=O)[C@H](Cc1cnc[nH]1)NC(=O)C1CC(=O)NC(=O)N1.O. The molecule has 2 aliphatic rings. The van der Waals surface area contributed by atoms with Gasteiger partial charge in [0, 0.05) is 24.9 Å². The zero-order valence-corrected chi connectivity index (χ0v) is 15.4. The van der Waals surface area contributed by atoms with Crippen LogP contribution in [0.2, 0.25) is 0 Å². The van der Waals surface area contributed by atoms with Crippen LogP contribution < -0.4 is 21.7 Å². The molecule has 1 aromatic heterocycles. The van der Waals surface area contributed by atoms with Crippen molar-refractivity contribution in [2.24, 2.45) is 5.73 Å². The molecule has 13 nitrogen and oxygen atoms in total. The Morgan fingerprint density at radius 3 is 2.72 bits per heavy atom. The fourth-order valence-corrected chi connectivity index (χ4v) is 3.38. The number of primary amides is 1. The van der Waals surface area contributed by atoms with Gasteiger partial charge in [0.1, 0.15) is 18.1 Å². The van der Waals surface area contributed by atoms with E-state index >= 15 is 0 Å². The Hall–Kier alpha value is -3.48. The van der Waals surface area contributed by atoms with Gasteiger partial charge in [-0.1, -0.05) is 0 Å². The van der Waals surface area contributed by atoms with Gasteiger partial charge in [0.15, 0.2) is 0 Å². The van der Waals surface area contributed by atoms with E-state index in [-0.39, 0.29) is 18.3 Å². The first-order valence-corrected chi connectivity index (χ1v) is 8.83. The molecule has 3 atom stereocenters. The monoisotopic (exact) mass is 409 g/mol. The zero-order chi connectivity index (χ0) is 20.3. The van der Waals surface area contributed by atoms with Crippen molar-refractivity contribution in [2.75, 3.05) is 6.54 Å². The van der Waals surface area contributed by atoms with Gasteiger partial charge >= 0.3 is 6.03 Å². The third-order valence-electron chi connectivity index (χ3n) is 4.72. The number of nitrogens with one attached hydrogen (secondary N) is 4. The maximum atomic E-state index is 13.0. The predicted molar refractivity (Wildman–Crippen MR) is 96.8 cm³/mol. The number of carbonyl (C=O) groups excluding carboxylic acids is 5. The van der Waals surface area contributed by atoms with Crippen LogP contribution in [0.5, 0.6) is 0 Å². The Morgan fingerprint density at radius 2 is 2.10 bits per heavy atom. The van der Waals surface area contributed by atoms with Crippen molar-refractivity contribution in [1.29, 1.82) is 0 Å². The average Bonchev–Trinajstić information content (AvgIpc) is 3.31. The fourth-order valence-electron chi connectivity index (χ4n) is 3.38. The number of imidazole rings is 1. The smallest absolute Gasteiger partial charge is 0.322 e. The molecule has 29 heavy (non-hydrogen) atoms. The quantitative estimate of drug-likeness (QED) is 0.324. The molecule has 6 amide bonds. The molecule has 3 rings (SSSR count). The van der Waals surface area contributed by atoms with Gasteiger partial charge in [-0.25, -0.2) is 9.78 Å². The summed E-state index contributed by atoms with van der Waals surface area (Å²) in [5.41, 5.74) is 5.98. The van der Waals surface area contributed by atoms with Gasteiger partial charge in [0.25, 0.3) is 0 Å². The largest absolute Gasteiger partial charge is 0.412 e. The fraction of sp³-hybridized carbons (Fsp3) is 0.500. The van der Waals surface area contributed by atoms with Gasteiger partial charge in [-0.3, -0.25) is 24.5 Å². The van der Waals surface area contributed by atoms with Crippen molar-refractivity contribution in [2.45, 2.75) is 43.8 Å². The second-order valence-corrected chi connectivity index (χ2v) is 6.71. The molecule has 0 aliphatic carbocycles. The molecule has 2 saturated heterocycles. The molecule has 1 unspecified atom stereocenters. The number of aromatic nitrogens is 2. The third-order valence-corrected chi connectivity index (χ3v) is 4.72. The number of imide groups is 1. The third kappa shape index (κ3) is 5.07. The number of likely N-dealkylation sites (tertiary alicyclic amines) is 1. The van der Waals surface area contributed by atoms with Crippen LogP contribution in [0.15, 0.2) is 12.5 Å². The number of carbonyl (C=O) groups is 5. The van der Waals surface area contributed by atoms with Gasteiger partial charge in [0.05, 0.1) is 12.7 Å². The van der Waals surface area contributed by atoms with Crippen molar-refractivity contribution in [1.82, 2.24) is 30.8 Å². The summed E-state index contributed by atoms with van der Waals surface area (Å²) in [6.07, 6.45) is 3.90. The number of hydrogen-bond acceptors (Lipinski definition) is 6. The van der Waals surface area contributed by atoms with Crippen LogP contribution in [0.25, 0.3) is 0 Å². The molecular formula is C16H23N7O6. The summed E-state index contributed by atoms with van der Waals surface area (Å²) in [6, 6.07) is -3.62. The van der Waals surface area contributed by atoms with Gasteiger partial charge in [-0.05, 0) is 12.8 Å². The summed E-state index contributed by atoms with van der Waals surface area (Å²) in [5, 5.41) is 6.95. The Labute approximate surface area is 165 Å². The molecule has 0 saturated carbocycles. The van der Waals surface area contributed by atoms with E-state index < -0.39 is 47.8 Å². The highest BCUT2D eigenvalue weighted by atomic mass is 16.2. The highest BCUT2D eigenvalue weighted by molar-refractivity contribution is 6.03. The average molecular weight is 409 g/mol. The summed E-state index contributed by atoms with van der Waals surface area (Å²) in [7, 11) is 0. The van der Waals surface area contributed by atoms with Crippen LogP contribution in [-0.2, 0) is 25.6 Å². The Kier molecular flexibility index (Phi) is 6.88. The van der Waals surface area contributed by atoms with Gasteiger partial charge in [0.2, 0.25) is 23.6 Å². The molecule has 2 fully saturated rings. The number of nitrogens with two attached hydrogens (primary N) is 1. The predicted octanol–water partition coefficient (Wildman–Crippen LogP) is -3.31. The van der Waals surface area contributed by atoms with Crippen molar-refractivity contribution < 1.29 is 29.4 Å². The van der Waals surface area contributed by atoms with Crippen LogP contribution >= 0.6 is 0 Å². The molecule has 0 bridgehead atoms. The van der Waals surface area contributed by atoms with Crippen LogP contribution in [0.3, 0.4) is 0 Å². The molecule has 158 valence electrons. The first kappa shape index (κ1) is 21.8. The number of aromatic amines is 1. The van der Waals surface area contributed by atoms with Crippen molar-refractivity contribution in [3.63, 3.8) is 0 Å². The molecule has 0 aromatic carbocycles. The first-order valence-electron chi connectivity index (χ1n) is 8.83.